The highest BCUT2D eigenvalue weighted by molar-refractivity contribution is 5.87. The number of nitrogens with zero attached hydrogens (tertiary/aromatic N) is 2. The van der Waals surface area contributed by atoms with Gasteiger partial charge in [-0.15, -0.1) is 0 Å². The molecule has 0 aliphatic rings. The summed E-state index contributed by atoms with van der Waals surface area (Å²) in [5, 5.41) is 11.6. The number of hydrogen-bond acceptors (Lipinski definition) is 4. The highest BCUT2D eigenvalue weighted by Gasteiger charge is 2.18. The largest absolute Gasteiger partial charge is 0.477 e. The minimum absolute atomic E-state index is 0.000787. The molecule has 2 rings (SSSR count). The van der Waals surface area contributed by atoms with Crippen LogP contribution in [0, 0.1) is 5.82 Å². The van der Waals surface area contributed by atoms with Crippen LogP contribution in [0.2, 0.25) is 0 Å². The molecular weight excluding hydrogens is 321 g/mol. The first-order valence-electron chi connectivity index (χ1n) is 6.97. The SMILES string of the molecule is CCNC(=O)Cn1cc(C(=O)O)c(=O)n(-c2ccc(F)cc2)c1=O. The molecule has 0 atom stereocenters. The molecule has 2 aromatic rings. The molecule has 9 heteroatoms. The molecular formula is C15H14FN3O5. The summed E-state index contributed by atoms with van der Waals surface area (Å²) in [5.41, 5.74) is -2.64. The van der Waals surface area contributed by atoms with Gasteiger partial charge in [0.2, 0.25) is 5.91 Å². The summed E-state index contributed by atoms with van der Waals surface area (Å²) in [4.78, 5) is 47.6. The number of nitrogens with one attached hydrogen (secondary N) is 1. The van der Waals surface area contributed by atoms with E-state index in [1.165, 1.54) is 12.1 Å². The lowest BCUT2D eigenvalue weighted by molar-refractivity contribution is -0.121. The minimum atomic E-state index is -1.54. The number of carboxylic acids is 1. The van der Waals surface area contributed by atoms with Crippen LogP contribution in [-0.4, -0.2) is 32.7 Å². The maximum atomic E-state index is 13.0. The Morgan fingerprint density at radius 1 is 1.21 bits per heavy atom. The van der Waals surface area contributed by atoms with Crippen LogP contribution in [0.25, 0.3) is 5.69 Å². The van der Waals surface area contributed by atoms with E-state index in [2.05, 4.69) is 5.32 Å². The number of amides is 1. The summed E-state index contributed by atoms with van der Waals surface area (Å²) >= 11 is 0. The molecule has 0 fully saturated rings. The molecule has 0 spiro atoms. The molecule has 126 valence electrons. The maximum absolute atomic E-state index is 13.0. The van der Waals surface area contributed by atoms with Gasteiger partial charge in [0, 0.05) is 12.7 Å². The number of hydrogen-bond donors (Lipinski definition) is 2. The van der Waals surface area contributed by atoms with E-state index in [0.717, 1.165) is 22.9 Å². The van der Waals surface area contributed by atoms with Crippen molar-refractivity contribution in [1.29, 1.82) is 0 Å². The third-order valence-corrected chi connectivity index (χ3v) is 3.16. The number of carbonyl (C=O) groups excluding carboxylic acids is 1. The van der Waals surface area contributed by atoms with Crippen molar-refractivity contribution in [2.75, 3.05) is 6.54 Å². The number of rotatable bonds is 5. The van der Waals surface area contributed by atoms with E-state index in [1.54, 1.807) is 6.92 Å². The number of likely N-dealkylation sites (N-methyl/N-ethyl adjacent to an activating group) is 1. The Morgan fingerprint density at radius 2 is 1.83 bits per heavy atom. The fourth-order valence-electron chi connectivity index (χ4n) is 2.09. The van der Waals surface area contributed by atoms with Crippen molar-refractivity contribution in [3.63, 3.8) is 0 Å². The lowest BCUT2D eigenvalue weighted by Crippen LogP contribution is -2.43. The van der Waals surface area contributed by atoms with E-state index in [-0.39, 0.29) is 5.69 Å². The molecule has 1 aromatic carbocycles. The Hall–Kier alpha value is -3.23. The summed E-state index contributed by atoms with van der Waals surface area (Å²) < 4.78 is 14.4. The third kappa shape index (κ3) is 3.40. The van der Waals surface area contributed by atoms with Crippen molar-refractivity contribution in [3.8, 4) is 5.69 Å². The molecule has 2 N–H and O–H groups in total. The Bertz CT molecular complexity index is 899. The molecule has 0 saturated carbocycles. The van der Waals surface area contributed by atoms with Crippen molar-refractivity contribution in [3.05, 3.63) is 62.7 Å². The topological polar surface area (TPSA) is 110 Å². The molecule has 24 heavy (non-hydrogen) atoms. The fraction of sp³-hybridized carbons (Fsp3) is 0.200. The molecule has 0 radical (unpaired) electrons. The minimum Gasteiger partial charge on any atom is -0.477 e. The van der Waals surface area contributed by atoms with Gasteiger partial charge in [-0.05, 0) is 31.2 Å². The molecule has 0 aliphatic heterocycles. The Balaban J connectivity index is 2.69. The molecule has 1 heterocycles. The zero-order valence-corrected chi connectivity index (χ0v) is 12.7. The predicted octanol–water partition coefficient (Wildman–Crippen LogP) is -0.0274. The van der Waals surface area contributed by atoms with Crippen LogP contribution in [0.1, 0.15) is 17.3 Å². The molecule has 1 amide bonds. The number of carboxylic acid groups (broad SMARTS) is 1. The molecule has 0 saturated heterocycles. The van der Waals surface area contributed by atoms with Crippen LogP contribution in [0.15, 0.2) is 40.1 Å². The zero-order valence-electron chi connectivity index (χ0n) is 12.7. The lowest BCUT2D eigenvalue weighted by Gasteiger charge is -2.11. The first kappa shape index (κ1) is 17.1. The second kappa shape index (κ2) is 6.90. The van der Waals surface area contributed by atoms with Crippen molar-refractivity contribution in [1.82, 2.24) is 14.5 Å². The standard InChI is InChI=1S/C15H14FN3O5/c1-2-17-12(20)8-18-7-11(14(22)23)13(21)19(15(18)24)10-5-3-9(16)4-6-10/h3-7H,2,8H2,1H3,(H,17,20)(H,22,23). The molecule has 8 nitrogen and oxygen atoms in total. The zero-order chi connectivity index (χ0) is 17.9. The van der Waals surface area contributed by atoms with Crippen molar-refractivity contribution in [2.24, 2.45) is 0 Å². The van der Waals surface area contributed by atoms with Crippen LogP contribution in [-0.2, 0) is 11.3 Å². The van der Waals surface area contributed by atoms with Gasteiger partial charge in [-0.25, -0.2) is 18.5 Å². The number of aromatic carboxylic acids is 1. The predicted molar refractivity (Wildman–Crippen MR) is 81.9 cm³/mol. The summed E-state index contributed by atoms with van der Waals surface area (Å²) in [6, 6.07) is 4.39. The second-order valence-corrected chi connectivity index (χ2v) is 4.83. The van der Waals surface area contributed by atoms with E-state index in [1.807, 2.05) is 0 Å². The Morgan fingerprint density at radius 3 is 2.38 bits per heavy atom. The monoisotopic (exact) mass is 335 g/mol. The van der Waals surface area contributed by atoms with E-state index < -0.39 is 41.1 Å². The number of carbonyl (C=O) groups is 2. The van der Waals surface area contributed by atoms with Gasteiger partial charge in [-0.2, -0.15) is 0 Å². The maximum Gasteiger partial charge on any atom is 0.342 e. The van der Waals surface area contributed by atoms with Gasteiger partial charge in [-0.1, -0.05) is 0 Å². The lowest BCUT2D eigenvalue weighted by atomic mass is 10.3. The Kier molecular flexibility index (Phi) is 4.93. The fourth-order valence-corrected chi connectivity index (χ4v) is 2.09. The summed E-state index contributed by atoms with van der Waals surface area (Å²) in [7, 11) is 0. The van der Waals surface area contributed by atoms with Gasteiger partial charge >= 0.3 is 11.7 Å². The molecule has 0 bridgehead atoms. The Labute approximate surface area is 134 Å². The van der Waals surface area contributed by atoms with Gasteiger partial charge < -0.3 is 10.4 Å². The van der Waals surface area contributed by atoms with Crippen molar-refractivity contribution < 1.29 is 19.1 Å². The third-order valence-electron chi connectivity index (χ3n) is 3.16. The van der Waals surface area contributed by atoms with Gasteiger partial charge in [0.05, 0.1) is 5.69 Å². The van der Waals surface area contributed by atoms with Gasteiger partial charge in [0.1, 0.15) is 17.9 Å². The van der Waals surface area contributed by atoms with Gasteiger partial charge in [0.25, 0.3) is 5.56 Å². The summed E-state index contributed by atoms with van der Waals surface area (Å²) in [5.74, 6) is -2.63. The molecule has 0 aliphatic carbocycles. The van der Waals surface area contributed by atoms with Crippen LogP contribution in [0.4, 0.5) is 4.39 Å². The first-order chi connectivity index (χ1) is 11.3. The quantitative estimate of drug-likeness (QED) is 0.797. The van der Waals surface area contributed by atoms with Gasteiger partial charge in [0.15, 0.2) is 0 Å². The van der Waals surface area contributed by atoms with E-state index in [4.69, 9.17) is 5.11 Å². The highest BCUT2D eigenvalue weighted by atomic mass is 19.1. The van der Waals surface area contributed by atoms with Crippen LogP contribution >= 0.6 is 0 Å². The average Bonchev–Trinajstić information content (AvgIpc) is 2.52. The van der Waals surface area contributed by atoms with Crippen LogP contribution in [0.3, 0.4) is 0 Å². The van der Waals surface area contributed by atoms with E-state index in [0.29, 0.717) is 11.1 Å². The van der Waals surface area contributed by atoms with Crippen LogP contribution < -0.4 is 16.6 Å². The first-order valence-corrected chi connectivity index (χ1v) is 6.97. The van der Waals surface area contributed by atoms with Crippen molar-refractivity contribution in [2.45, 2.75) is 13.5 Å². The summed E-state index contributed by atoms with van der Waals surface area (Å²) in [6.07, 6.45) is 0.822. The second-order valence-electron chi connectivity index (χ2n) is 4.83. The van der Waals surface area contributed by atoms with E-state index >= 15 is 0 Å². The molecule has 1 aromatic heterocycles. The summed E-state index contributed by atoms with van der Waals surface area (Å²) in [6.45, 7) is 1.56. The number of halogens is 1. The van der Waals surface area contributed by atoms with Gasteiger partial charge in [-0.3, -0.25) is 14.2 Å². The van der Waals surface area contributed by atoms with Crippen LogP contribution in [0.5, 0.6) is 0 Å². The normalized spacial score (nSPS) is 10.4. The molecule has 0 unspecified atom stereocenters. The average molecular weight is 335 g/mol. The van der Waals surface area contributed by atoms with Crippen molar-refractivity contribution >= 4 is 11.9 Å². The number of aromatic nitrogens is 2. The number of benzene rings is 1. The smallest absolute Gasteiger partial charge is 0.342 e. The van der Waals surface area contributed by atoms with E-state index in [9.17, 15) is 23.6 Å². The highest BCUT2D eigenvalue weighted by Crippen LogP contribution is 2.05.